The SMILES string of the molecule is OCCc1cnc(Cl)s1. The Balaban J connectivity index is 2.61. The van der Waals surface area contributed by atoms with Gasteiger partial charge in [-0.1, -0.05) is 11.6 Å². The number of halogens is 1. The molecule has 1 heterocycles. The van der Waals surface area contributed by atoms with Gasteiger partial charge in [-0.2, -0.15) is 0 Å². The molecule has 9 heavy (non-hydrogen) atoms. The van der Waals surface area contributed by atoms with Crippen molar-refractivity contribution in [3.63, 3.8) is 0 Å². The van der Waals surface area contributed by atoms with E-state index >= 15 is 0 Å². The van der Waals surface area contributed by atoms with E-state index in [-0.39, 0.29) is 6.61 Å². The van der Waals surface area contributed by atoms with Crippen LogP contribution in [0, 0.1) is 0 Å². The average Bonchev–Trinajstić information content (AvgIpc) is 2.17. The number of aliphatic hydroxyl groups is 1. The van der Waals surface area contributed by atoms with Gasteiger partial charge in [0.2, 0.25) is 0 Å². The third kappa shape index (κ3) is 1.93. The summed E-state index contributed by atoms with van der Waals surface area (Å²) < 4.78 is 0.540. The Hall–Kier alpha value is -0.120. The molecular formula is C5H6ClNOS. The van der Waals surface area contributed by atoms with Crippen LogP contribution in [0.5, 0.6) is 0 Å². The van der Waals surface area contributed by atoms with Crippen LogP contribution in [0.2, 0.25) is 4.47 Å². The standard InChI is InChI=1S/C5H6ClNOS/c6-5-7-3-4(9-5)1-2-8/h3,8H,1-2H2. The molecule has 0 atom stereocenters. The molecular weight excluding hydrogens is 158 g/mol. The van der Waals surface area contributed by atoms with E-state index in [1.165, 1.54) is 11.3 Å². The minimum absolute atomic E-state index is 0.165. The van der Waals surface area contributed by atoms with E-state index in [0.29, 0.717) is 10.9 Å². The molecule has 0 aliphatic rings. The average molecular weight is 164 g/mol. The molecule has 0 amide bonds. The molecule has 0 spiro atoms. The minimum Gasteiger partial charge on any atom is -0.396 e. The number of aromatic nitrogens is 1. The molecule has 1 aromatic rings. The van der Waals surface area contributed by atoms with Crippen molar-refractivity contribution in [1.29, 1.82) is 0 Å². The van der Waals surface area contributed by atoms with Crippen molar-refractivity contribution in [2.24, 2.45) is 0 Å². The third-order valence-corrected chi connectivity index (χ3v) is 2.06. The van der Waals surface area contributed by atoms with Crippen molar-refractivity contribution < 1.29 is 5.11 Å². The number of hydrogen-bond donors (Lipinski definition) is 1. The van der Waals surface area contributed by atoms with Gasteiger partial charge in [0.05, 0.1) is 0 Å². The summed E-state index contributed by atoms with van der Waals surface area (Å²) in [6.07, 6.45) is 2.34. The minimum atomic E-state index is 0.165. The van der Waals surface area contributed by atoms with Crippen LogP contribution < -0.4 is 0 Å². The van der Waals surface area contributed by atoms with Crippen molar-refractivity contribution in [3.05, 3.63) is 15.5 Å². The quantitative estimate of drug-likeness (QED) is 0.714. The first-order valence-corrected chi connectivity index (χ1v) is 3.73. The maximum Gasteiger partial charge on any atom is 0.183 e. The van der Waals surface area contributed by atoms with Crippen LogP contribution in [-0.4, -0.2) is 16.7 Å². The highest BCUT2D eigenvalue weighted by Gasteiger charge is 1.96. The predicted molar refractivity (Wildman–Crippen MR) is 37.9 cm³/mol. The number of thiazole rings is 1. The van der Waals surface area contributed by atoms with Crippen LogP contribution in [0.25, 0.3) is 0 Å². The van der Waals surface area contributed by atoms with E-state index in [1.807, 2.05) is 0 Å². The molecule has 0 unspecified atom stereocenters. The van der Waals surface area contributed by atoms with E-state index in [9.17, 15) is 0 Å². The molecule has 0 aliphatic carbocycles. The summed E-state index contributed by atoms with van der Waals surface area (Å²) in [5.74, 6) is 0. The van der Waals surface area contributed by atoms with E-state index in [2.05, 4.69) is 4.98 Å². The number of rotatable bonds is 2. The molecule has 0 aliphatic heterocycles. The van der Waals surface area contributed by atoms with Crippen molar-refractivity contribution in [1.82, 2.24) is 4.98 Å². The maximum absolute atomic E-state index is 8.46. The van der Waals surface area contributed by atoms with Crippen LogP contribution in [0.4, 0.5) is 0 Å². The fourth-order valence-corrected chi connectivity index (χ4v) is 1.48. The van der Waals surface area contributed by atoms with Gasteiger partial charge in [0.1, 0.15) is 0 Å². The molecule has 2 nitrogen and oxygen atoms in total. The van der Waals surface area contributed by atoms with E-state index in [4.69, 9.17) is 16.7 Å². The van der Waals surface area contributed by atoms with Gasteiger partial charge in [-0.25, -0.2) is 4.98 Å². The normalized spacial score (nSPS) is 10.0. The van der Waals surface area contributed by atoms with Gasteiger partial charge in [-0.05, 0) is 0 Å². The van der Waals surface area contributed by atoms with Crippen molar-refractivity contribution in [3.8, 4) is 0 Å². The van der Waals surface area contributed by atoms with Crippen LogP contribution >= 0.6 is 22.9 Å². The van der Waals surface area contributed by atoms with Crippen molar-refractivity contribution in [2.45, 2.75) is 6.42 Å². The Morgan fingerprint density at radius 1 is 1.78 bits per heavy atom. The van der Waals surface area contributed by atoms with Gasteiger partial charge in [-0.3, -0.25) is 0 Å². The van der Waals surface area contributed by atoms with Gasteiger partial charge >= 0.3 is 0 Å². The van der Waals surface area contributed by atoms with Gasteiger partial charge in [0.25, 0.3) is 0 Å². The summed E-state index contributed by atoms with van der Waals surface area (Å²) in [5.41, 5.74) is 0. The molecule has 1 N–H and O–H groups in total. The summed E-state index contributed by atoms with van der Waals surface area (Å²) in [5, 5.41) is 8.46. The van der Waals surface area contributed by atoms with E-state index in [0.717, 1.165) is 4.88 Å². The summed E-state index contributed by atoms with van der Waals surface area (Å²) in [7, 11) is 0. The second kappa shape index (κ2) is 3.15. The van der Waals surface area contributed by atoms with E-state index in [1.54, 1.807) is 6.20 Å². The zero-order chi connectivity index (χ0) is 6.69. The van der Waals surface area contributed by atoms with Crippen LogP contribution in [-0.2, 0) is 6.42 Å². The second-order valence-corrected chi connectivity index (χ2v) is 3.25. The Morgan fingerprint density at radius 3 is 3.00 bits per heavy atom. The molecule has 1 rings (SSSR count). The monoisotopic (exact) mass is 163 g/mol. The zero-order valence-electron chi connectivity index (χ0n) is 4.67. The summed E-state index contributed by atoms with van der Waals surface area (Å²) in [4.78, 5) is 4.84. The smallest absolute Gasteiger partial charge is 0.183 e. The van der Waals surface area contributed by atoms with Crippen molar-refractivity contribution >= 4 is 22.9 Å². The first-order chi connectivity index (χ1) is 4.33. The third-order valence-electron chi connectivity index (χ3n) is 0.884. The molecule has 0 fully saturated rings. The molecule has 0 saturated heterocycles. The Kier molecular flexibility index (Phi) is 2.45. The van der Waals surface area contributed by atoms with Crippen LogP contribution in [0.1, 0.15) is 4.88 Å². The molecule has 0 aromatic carbocycles. The van der Waals surface area contributed by atoms with E-state index < -0.39 is 0 Å². The van der Waals surface area contributed by atoms with Gasteiger partial charge in [-0.15, -0.1) is 11.3 Å². The fraction of sp³-hybridized carbons (Fsp3) is 0.400. The highest BCUT2D eigenvalue weighted by molar-refractivity contribution is 7.15. The molecule has 4 heteroatoms. The number of aliphatic hydroxyl groups excluding tert-OH is 1. The lowest BCUT2D eigenvalue weighted by atomic mass is 10.4. The molecule has 1 aromatic heterocycles. The topological polar surface area (TPSA) is 33.1 Å². The number of nitrogens with zero attached hydrogens (tertiary/aromatic N) is 1. The highest BCUT2D eigenvalue weighted by Crippen LogP contribution is 2.17. The lowest BCUT2D eigenvalue weighted by Crippen LogP contribution is -1.84. The van der Waals surface area contributed by atoms with Gasteiger partial charge in [0, 0.05) is 24.1 Å². The molecule has 0 bridgehead atoms. The molecule has 0 radical (unpaired) electrons. The Bertz CT molecular complexity index is 189. The zero-order valence-corrected chi connectivity index (χ0v) is 6.24. The van der Waals surface area contributed by atoms with Gasteiger partial charge in [0.15, 0.2) is 4.47 Å². The maximum atomic E-state index is 8.46. The molecule has 50 valence electrons. The van der Waals surface area contributed by atoms with Crippen LogP contribution in [0.3, 0.4) is 0 Å². The lowest BCUT2D eigenvalue weighted by Gasteiger charge is -1.84. The van der Waals surface area contributed by atoms with Crippen molar-refractivity contribution in [2.75, 3.05) is 6.61 Å². The fourth-order valence-electron chi connectivity index (χ4n) is 0.509. The predicted octanol–water partition coefficient (Wildman–Crippen LogP) is 1.33. The molecule has 0 saturated carbocycles. The number of hydrogen-bond acceptors (Lipinski definition) is 3. The van der Waals surface area contributed by atoms with Gasteiger partial charge < -0.3 is 5.11 Å². The first kappa shape index (κ1) is 6.99. The lowest BCUT2D eigenvalue weighted by molar-refractivity contribution is 0.300. The highest BCUT2D eigenvalue weighted by atomic mass is 35.5. The second-order valence-electron chi connectivity index (χ2n) is 1.55. The first-order valence-electron chi connectivity index (χ1n) is 2.54. The Morgan fingerprint density at radius 2 is 2.56 bits per heavy atom. The summed E-state index contributed by atoms with van der Waals surface area (Å²) >= 11 is 6.93. The van der Waals surface area contributed by atoms with Crippen LogP contribution in [0.15, 0.2) is 6.20 Å². The summed E-state index contributed by atoms with van der Waals surface area (Å²) in [6.45, 7) is 0.165. The largest absolute Gasteiger partial charge is 0.396 e. The summed E-state index contributed by atoms with van der Waals surface area (Å²) in [6, 6.07) is 0. The Labute approximate surface area is 62.1 Å².